The lowest BCUT2D eigenvalue weighted by atomic mass is 10.1. The van der Waals surface area contributed by atoms with Gasteiger partial charge in [-0.25, -0.2) is 9.18 Å². The Morgan fingerprint density at radius 2 is 2.10 bits per heavy atom. The van der Waals surface area contributed by atoms with Crippen molar-refractivity contribution >= 4 is 11.7 Å². The standard InChI is InChI=1S/C13H9FN2O5/c14-9-1-2-11(16(20)21)8(5-9)6-15-4-3-12(17)10(7-15)13(18)19/h1-5,7H,6H2,(H,18,19). The van der Waals surface area contributed by atoms with Crippen molar-refractivity contribution in [1.82, 2.24) is 4.57 Å². The molecule has 0 atom stereocenters. The largest absolute Gasteiger partial charge is 0.477 e. The Morgan fingerprint density at radius 1 is 1.38 bits per heavy atom. The summed E-state index contributed by atoms with van der Waals surface area (Å²) in [6.45, 7) is -0.130. The molecule has 1 heterocycles. The molecule has 0 saturated carbocycles. The number of nitrogens with zero attached hydrogens (tertiary/aromatic N) is 2. The summed E-state index contributed by atoms with van der Waals surface area (Å²) in [5, 5.41) is 19.7. The molecule has 0 spiro atoms. The topological polar surface area (TPSA) is 102 Å². The molecule has 7 nitrogen and oxygen atoms in total. The van der Waals surface area contributed by atoms with Gasteiger partial charge in [-0.15, -0.1) is 0 Å². The van der Waals surface area contributed by atoms with Crippen LogP contribution in [0.25, 0.3) is 0 Å². The predicted octanol–water partition coefficient (Wildman–Crippen LogP) is 1.64. The third-order valence-corrected chi connectivity index (χ3v) is 2.80. The van der Waals surface area contributed by atoms with E-state index in [4.69, 9.17) is 5.11 Å². The normalized spacial score (nSPS) is 10.3. The maximum Gasteiger partial charge on any atom is 0.341 e. The van der Waals surface area contributed by atoms with Gasteiger partial charge >= 0.3 is 5.97 Å². The average molecular weight is 292 g/mol. The first-order valence-electron chi connectivity index (χ1n) is 5.74. The molecule has 1 aromatic heterocycles. The molecule has 0 fully saturated rings. The van der Waals surface area contributed by atoms with E-state index in [0.717, 1.165) is 30.5 Å². The summed E-state index contributed by atoms with van der Waals surface area (Å²) in [6.07, 6.45) is 2.34. The van der Waals surface area contributed by atoms with Gasteiger partial charge in [0, 0.05) is 24.5 Å². The fourth-order valence-electron chi connectivity index (χ4n) is 1.84. The molecule has 0 amide bonds. The maximum atomic E-state index is 13.2. The van der Waals surface area contributed by atoms with Gasteiger partial charge in [-0.05, 0) is 12.1 Å². The predicted molar refractivity (Wildman–Crippen MR) is 69.8 cm³/mol. The fraction of sp³-hybridized carbons (Fsp3) is 0.0769. The highest BCUT2D eigenvalue weighted by Crippen LogP contribution is 2.20. The van der Waals surface area contributed by atoms with E-state index in [-0.39, 0.29) is 17.8 Å². The molecule has 0 aliphatic carbocycles. The second kappa shape index (κ2) is 5.53. The van der Waals surface area contributed by atoms with Crippen LogP contribution in [0.1, 0.15) is 15.9 Å². The summed E-state index contributed by atoms with van der Waals surface area (Å²) in [4.78, 5) is 32.4. The lowest BCUT2D eigenvalue weighted by molar-refractivity contribution is -0.385. The van der Waals surface area contributed by atoms with Crippen LogP contribution in [0.15, 0.2) is 41.5 Å². The number of nitro groups is 1. The molecule has 0 aliphatic heterocycles. The first kappa shape index (κ1) is 14.4. The molecular formula is C13H9FN2O5. The lowest BCUT2D eigenvalue weighted by Gasteiger charge is -2.08. The summed E-state index contributed by atoms with van der Waals surface area (Å²) >= 11 is 0. The number of hydrogen-bond donors (Lipinski definition) is 1. The van der Waals surface area contributed by atoms with Crippen LogP contribution < -0.4 is 5.43 Å². The van der Waals surface area contributed by atoms with Crippen LogP contribution in [-0.2, 0) is 6.54 Å². The van der Waals surface area contributed by atoms with Crippen LogP contribution in [-0.4, -0.2) is 20.6 Å². The van der Waals surface area contributed by atoms with Crippen LogP contribution in [0, 0.1) is 15.9 Å². The number of hydrogen-bond acceptors (Lipinski definition) is 4. The number of aromatic carboxylic acids is 1. The second-order valence-corrected chi connectivity index (χ2v) is 4.23. The van der Waals surface area contributed by atoms with Crippen molar-refractivity contribution in [1.29, 1.82) is 0 Å². The summed E-state index contributed by atoms with van der Waals surface area (Å²) < 4.78 is 14.5. The first-order chi connectivity index (χ1) is 9.88. The lowest BCUT2D eigenvalue weighted by Crippen LogP contribution is -2.17. The molecule has 1 N–H and O–H groups in total. The SMILES string of the molecule is O=C(O)c1cn(Cc2cc(F)ccc2[N+](=O)[O-])ccc1=O. The zero-order valence-corrected chi connectivity index (χ0v) is 10.5. The quantitative estimate of drug-likeness (QED) is 0.681. The Balaban J connectivity index is 2.45. The van der Waals surface area contributed by atoms with Gasteiger partial charge < -0.3 is 9.67 Å². The smallest absolute Gasteiger partial charge is 0.341 e. The average Bonchev–Trinajstić information content (AvgIpc) is 2.40. The Kier molecular flexibility index (Phi) is 3.79. The summed E-state index contributed by atoms with van der Waals surface area (Å²) in [5.41, 5.74) is -1.35. The van der Waals surface area contributed by atoms with Crippen molar-refractivity contribution in [2.75, 3.05) is 0 Å². The Morgan fingerprint density at radius 3 is 2.71 bits per heavy atom. The minimum Gasteiger partial charge on any atom is -0.477 e. The molecule has 2 rings (SSSR count). The molecule has 0 unspecified atom stereocenters. The van der Waals surface area contributed by atoms with E-state index in [1.165, 1.54) is 10.8 Å². The molecule has 21 heavy (non-hydrogen) atoms. The molecule has 0 radical (unpaired) electrons. The van der Waals surface area contributed by atoms with Crippen LogP contribution in [0.2, 0.25) is 0 Å². The summed E-state index contributed by atoms with van der Waals surface area (Å²) in [5.74, 6) is -2.04. The Labute approximate surface area is 117 Å². The van der Waals surface area contributed by atoms with Crippen LogP contribution >= 0.6 is 0 Å². The van der Waals surface area contributed by atoms with Gasteiger partial charge in [0.2, 0.25) is 0 Å². The molecule has 8 heteroatoms. The molecule has 2 aromatic rings. The molecule has 1 aromatic carbocycles. The third kappa shape index (κ3) is 3.11. The van der Waals surface area contributed by atoms with Crippen LogP contribution in [0.3, 0.4) is 0 Å². The third-order valence-electron chi connectivity index (χ3n) is 2.80. The van der Waals surface area contributed by atoms with Gasteiger partial charge in [0.15, 0.2) is 5.43 Å². The van der Waals surface area contributed by atoms with Crippen LogP contribution in [0.5, 0.6) is 0 Å². The number of nitro benzene ring substituents is 1. The van der Waals surface area contributed by atoms with Crippen molar-refractivity contribution in [3.05, 3.63) is 73.9 Å². The number of aromatic nitrogens is 1. The number of rotatable bonds is 4. The van der Waals surface area contributed by atoms with Crippen molar-refractivity contribution < 1.29 is 19.2 Å². The summed E-state index contributed by atoms with van der Waals surface area (Å²) in [6, 6.07) is 4.03. The van der Waals surface area contributed by atoms with Crippen LogP contribution in [0.4, 0.5) is 10.1 Å². The number of halogens is 1. The van der Waals surface area contributed by atoms with E-state index in [0.29, 0.717) is 0 Å². The van der Waals surface area contributed by atoms with Gasteiger partial charge in [-0.2, -0.15) is 0 Å². The Hall–Kier alpha value is -3.03. The monoisotopic (exact) mass is 292 g/mol. The molecular weight excluding hydrogens is 283 g/mol. The van der Waals surface area contributed by atoms with Gasteiger partial charge in [0.25, 0.3) is 5.69 Å². The van der Waals surface area contributed by atoms with E-state index in [2.05, 4.69) is 0 Å². The number of carboxylic acid groups (broad SMARTS) is 1. The van der Waals surface area contributed by atoms with Gasteiger partial charge in [-0.1, -0.05) is 0 Å². The van der Waals surface area contributed by atoms with Crippen molar-refractivity contribution in [3.8, 4) is 0 Å². The van der Waals surface area contributed by atoms with E-state index < -0.39 is 27.7 Å². The minimum atomic E-state index is -1.40. The number of carbonyl (C=O) groups is 1. The molecule has 0 saturated heterocycles. The van der Waals surface area contributed by atoms with E-state index in [9.17, 15) is 24.1 Å². The van der Waals surface area contributed by atoms with E-state index in [1.54, 1.807) is 0 Å². The van der Waals surface area contributed by atoms with Gasteiger partial charge in [-0.3, -0.25) is 14.9 Å². The van der Waals surface area contributed by atoms with Crippen molar-refractivity contribution in [3.63, 3.8) is 0 Å². The highest BCUT2D eigenvalue weighted by atomic mass is 19.1. The maximum absolute atomic E-state index is 13.2. The number of pyridine rings is 1. The minimum absolute atomic E-state index is 0.0694. The second-order valence-electron chi connectivity index (χ2n) is 4.23. The molecule has 0 bridgehead atoms. The Bertz CT molecular complexity index is 784. The highest BCUT2D eigenvalue weighted by molar-refractivity contribution is 5.86. The number of benzene rings is 1. The van der Waals surface area contributed by atoms with Gasteiger partial charge in [0.1, 0.15) is 11.4 Å². The fourth-order valence-corrected chi connectivity index (χ4v) is 1.84. The van der Waals surface area contributed by atoms with Crippen molar-refractivity contribution in [2.45, 2.75) is 6.54 Å². The first-order valence-corrected chi connectivity index (χ1v) is 5.74. The highest BCUT2D eigenvalue weighted by Gasteiger charge is 2.15. The van der Waals surface area contributed by atoms with Gasteiger partial charge in [0.05, 0.1) is 17.0 Å². The van der Waals surface area contributed by atoms with E-state index >= 15 is 0 Å². The molecule has 0 aliphatic rings. The zero-order chi connectivity index (χ0) is 15.6. The zero-order valence-electron chi connectivity index (χ0n) is 10.5. The van der Waals surface area contributed by atoms with Crippen molar-refractivity contribution in [2.24, 2.45) is 0 Å². The molecule has 108 valence electrons. The summed E-state index contributed by atoms with van der Waals surface area (Å²) in [7, 11) is 0. The number of carboxylic acids is 1. The van der Waals surface area contributed by atoms with E-state index in [1.807, 2.05) is 0 Å².